The number of ether oxygens (including phenoxy) is 2. The van der Waals surface area contributed by atoms with Crippen molar-refractivity contribution >= 4 is 30.7 Å². The molecule has 0 saturated carbocycles. The van der Waals surface area contributed by atoms with Crippen molar-refractivity contribution in [3.63, 3.8) is 0 Å². The summed E-state index contributed by atoms with van der Waals surface area (Å²) in [4.78, 5) is 7.89. The number of hydrogen-bond acceptors (Lipinski definition) is 4. The Bertz CT molecular complexity index is 1060. The van der Waals surface area contributed by atoms with E-state index in [0.717, 1.165) is 30.4 Å². The van der Waals surface area contributed by atoms with E-state index < -0.39 is 21.1 Å². The van der Waals surface area contributed by atoms with E-state index in [0.29, 0.717) is 3.43 Å². The maximum absolute atomic E-state index is 5.45. The zero-order valence-electron chi connectivity index (χ0n) is 25.8. The molecule has 0 aliphatic carbocycles. The van der Waals surface area contributed by atoms with Gasteiger partial charge >= 0.3 is 255 Å². The molecule has 1 heterocycles. The second-order valence-electron chi connectivity index (χ2n) is 11.2. The normalized spacial score (nSPS) is 11.4. The van der Waals surface area contributed by atoms with Crippen molar-refractivity contribution in [3.8, 4) is 11.5 Å². The SMILES string of the molecule is CCCC[C](CCCC)(CCCC)[Sn][c]1cc(C)cc(N(Cc2ccc(OC)cc2)Cc2ccc(OC)cc2)n1. The summed E-state index contributed by atoms with van der Waals surface area (Å²) in [5, 5.41) is 0. The van der Waals surface area contributed by atoms with E-state index >= 15 is 0 Å². The van der Waals surface area contributed by atoms with Crippen molar-refractivity contribution < 1.29 is 9.47 Å². The Morgan fingerprint density at radius 3 is 1.55 bits per heavy atom. The van der Waals surface area contributed by atoms with Gasteiger partial charge in [0.15, 0.2) is 0 Å². The molecule has 216 valence electrons. The van der Waals surface area contributed by atoms with Crippen molar-refractivity contribution in [2.75, 3.05) is 19.1 Å². The molecule has 3 aromatic rings. The van der Waals surface area contributed by atoms with E-state index in [4.69, 9.17) is 14.5 Å². The molecule has 4 nitrogen and oxygen atoms in total. The second-order valence-corrected chi connectivity index (χ2v) is 16.4. The number of aryl methyl sites for hydroxylation is 1. The summed E-state index contributed by atoms with van der Waals surface area (Å²) in [5.41, 5.74) is 3.83. The Morgan fingerprint density at radius 2 is 1.15 bits per heavy atom. The van der Waals surface area contributed by atoms with Crippen molar-refractivity contribution in [3.05, 3.63) is 77.4 Å². The van der Waals surface area contributed by atoms with Crippen LogP contribution in [0.15, 0.2) is 60.7 Å². The first-order chi connectivity index (χ1) is 19.4. The molecule has 2 aromatic carbocycles. The van der Waals surface area contributed by atoms with Gasteiger partial charge in [-0.05, 0) is 0 Å². The number of pyridine rings is 1. The molecule has 0 saturated heterocycles. The Morgan fingerprint density at radius 1 is 0.700 bits per heavy atom. The van der Waals surface area contributed by atoms with Crippen LogP contribution in [-0.4, -0.2) is 40.3 Å². The molecule has 0 aliphatic heterocycles. The van der Waals surface area contributed by atoms with Gasteiger partial charge in [0.2, 0.25) is 0 Å². The van der Waals surface area contributed by atoms with Gasteiger partial charge in [-0.2, -0.15) is 0 Å². The Hall–Kier alpha value is -2.21. The van der Waals surface area contributed by atoms with Crippen molar-refractivity contribution in [1.29, 1.82) is 0 Å². The van der Waals surface area contributed by atoms with Crippen LogP contribution in [-0.2, 0) is 13.1 Å². The van der Waals surface area contributed by atoms with Gasteiger partial charge in [0.05, 0.1) is 0 Å². The van der Waals surface area contributed by atoms with Gasteiger partial charge in [-0.3, -0.25) is 0 Å². The third kappa shape index (κ3) is 10.0. The van der Waals surface area contributed by atoms with Crippen LogP contribution >= 0.6 is 0 Å². The zero-order chi connectivity index (χ0) is 28.8. The second kappa shape index (κ2) is 16.9. The van der Waals surface area contributed by atoms with Crippen LogP contribution in [0.2, 0.25) is 3.43 Å². The van der Waals surface area contributed by atoms with Gasteiger partial charge in [-0.1, -0.05) is 0 Å². The van der Waals surface area contributed by atoms with Crippen molar-refractivity contribution in [2.45, 2.75) is 102 Å². The average molecular weight is 650 g/mol. The summed E-state index contributed by atoms with van der Waals surface area (Å²) in [6, 6.07) is 21.5. The van der Waals surface area contributed by atoms with Crippen LogP contribution in [0.5, 0.6) is 11.5 Å². The van der Waals surface area contributed by atoms with E-state index in [1.54, 1.807) is 14.2 Å². The number of unbranched alkanes of at least 4 members (excludes halogenated alkanes) is 3. The van der Waals surface area contributed by atoms with Crippen molar-refractivity contribution in [1.82, 2.24) is 4.98 Å². The van der Waals surface area contributed by atoms with Gasteiger partial charge in [0, 0.05) is 0 Å². The van der Waals surface area contributed by atoms with E-state index in [2.05, 4.69) is 69.0 Å². The molecule has 0 amide bonds. The van der Waals surface area contributed by atoms with Crippen LogP contribution in [0.1, 0.15) is 95.2 Å². The fourth-order valence-electron chi connectivity index (χ4n) is 5.38. The predicted octanol–water partition coefficient (Wildman–Crippen LogP) is 8.67. The molecule has 0 unspecified atom stereocenters. The van der Waals surface area contributed by atoms with Gasteiger partial charge in [0.1, 0.15) is 0 Å². The topological polar surface area (TPSA) is 34.6 Å². The van der Waals surface area contributed by atoms with Crippen molar-refractivity contribution in [2.24, 2.45) is 0 Å². The predicted molar refractivity (Wildman–Crippen MR) is 172 cm³/mol. The van der Waals surface area contributed by atoms with Crippen LogP contribution in [0.3, 0.4) is 0 Å². The van der Waals surface area contributed by atoms with Gasteiger partial charge < -0.3 is 0 Å². The molecular formula is C35H50N2O2Sn. The molecule has 2 radical (unpaired) electrons. The summed E-state index contributed by atoms with van der Waals surface area (Å²) in [6.07, 6.45) is 12.0. The zero-order valence-corrected chi connectivity index (χ0v) is 28.6. The minimum atomic E-state index is -0.936. The molecule has 0 atom stereocenters. The van der Waals surface area contributed by atoms with Gasteiger partial charge in [0.25, 0.3) is 0 Å². The molecule has 1 aromatic heterocycles. The van der Waals surface area contributed by atoms with Crippen LogP contribution < -0.4 is 18.1 Å². The fourth-order valence-corrected chi connectivity index (χ4v) is 10.9. The number of benzene rings is 2. The number of nitrogens with zero attached hydrogens (tertiary/aromatic N) is 2. The third-order valence-corrected chi connectivity index (χ3v) is 12.9. The summed E-state index contributed by atoms with van der Waals surface area (Å²) in [6.45, 7) is 10.9. The maximum atomic E-state index is 5.45. The Balaban J connectivity index is 1.97. The summed E-state index contributed by atoms with van der Waals surface area (Å²) in [5.74, 6) is 2.87. The molecule has 0 fully saturated rings. The molecule has 0 aliphatic rings. The van der Waals surface area contributed by atoms with Crippen LogP contribution in [0.4, 0.5) is 5.82 Å². The average Bonchev–Trinajstić information content (AvgIpc) is 2.98. The van der Waals surface area contributed by atoms with Gasteiger partial charge in [-0.25, -0.2) is 0 Å². The molecule has 40 heavy (non-hydrogen) atoms. The number of methoxy groups -OCH3 is 2. The standard InChI is InChI=1S/C22H23N2O2.C13H27.Sn/c1-17-12-13-23-22(14-17)24(15-18-4-8-20(25-2)9-5-18)16-19-6-10-21(26-3)11-7-19;1-4-7-10-13(11-8-5-2)12-9-6-3;/h4-12,14H,15-16H2,1-3H3;4-12H2,1-3H3;. The van der Waals surface area contributed by atoms with E-state index in [-0.39, 0.29) is 0 Å². The number of rotatable bonds is 18. The summed E-state index contributed by atoms with van der Waals surface area (Å²) >= 11 is -0.936. The Labute approximate surface area is 254 Å². The molecular weight excluding hydrogens is 599 g/mol. The molecule has 3 rings (SSSR count). The summed E-state index contributed by atoms with van der Waals surface area (Å²) < 4.78 is 12.7. The number of aromatic nitrogens is 1. The minimum absolute atomic E-state index is 0.514. The third-order valence-electron chi connectivity index (χ3n) is 7.77. The summed E-state index contributed by atoms with van der Waals surface area (Å²) in [7, 11) is 3.44. The van der Waals surface area contributed by atoms with Gasteiger partial charge in [-0.15, -0.1) is 0 Å². The number of anilines is 1. The fraction of sp³-hybridized carbons (Fsp3) is 0.514. The van der Waals surface area contributed by atoms with E-state index in [1.807, 2.05) is 24.3 Å². The van der Waals surface area contributed by atoms with Crippen LogP contribution in [0.25, 0.3) is 0 Å². The number of hydrogen-bond donors (Lipinski definition) is 0. The monoisotopic (exact) mass is 650 g/mol. The molecule has 0 spiro atoms. The first-order valence-corrected chi connectivity index (χ1v) is 18.1. The molecule has 0 bridgehead atoms. The molecule has 0 N–H and O–H groups in total. The Kier molecular flexibility index (Phi) is 13.7. The van der Waals surface area contributed by atoms with Crippen LogP contribution in [0, 0.1) is 6.92 Å². The van der Waals surface area contributed by atoms with E-state index in [9.17, 15) is 0 Å². The van der Waals surface area contributed by atoms with E-state index in [1.165, 1.54) is 78.2 Å². The molecule has 5 heteroatoms. The first-order valence-electron chi connectivity index (χ1n) is 15.2. The quantitative estimate of drug-likeness (QED) is 0.129. The first kappa shape index (κ1) is 32.3.